The zero-order valence-corrected chi connectivity index (χ0v) is 9.88. The van der Waals surface area contributed by atoms with E-state index in [1.54, 1.807) is 0 Å². The average molecular weight is 199 g/mol. The molecule has 0 aromatic carbocycles. The lowest BCUT2D eigenvalue weighted by atomic mass is 9.91. The molecule has 2 heteroatoms. The van der Waals surface area contributed by atoms with Crippen molar-refractivity contribution in [1.29, 1.82) is 0 Å². The van der Waals surface area contributed by atoms with Crippen LogP contribution in [0.25, 0.3) is 0 Å². The maximum Gasteiger partial charge on any atom is 0.106 e. The molecule has 2 N–H and O–H groups in total. The average Bonchev–Trinajstić information content (AvgIpc) is 2.02. The van der Waals surface area contributed by atoms with Crippen molar-refractivity contribution in [2.75, 3.05) is 0 Å². The van der Waals surface area contributed by atoms with Crippen molar-refractivity contribution in [2.45, 2.75) is 71.6 Å². The van der Waals surface area contributed by atoms with Gasteiger partial charge in [0.05, 0.1) is 6.10 Å². The first-order valence-electron chi connectivity index (χ1n) is 5.88. The van der Waals surface area contributed by atoms with E-state index >= 15 is 0 Å². The fraction of sp³-hybridized carbons (Fsp3) is 1.00. The van der Waals surface area contributed by atoms with Crippen molar-refractivity contribution < 1.29 is 4.74 Å². The number of nitrogens with two attached hydrogens (primary N) is 1. The van der Waals surface area contributed by atoms with E-state index in [0.29, 0.717) is 6.10 Å². The molecule has 1 unspecified atom stereocenters. The summed E-state index contributed by atoms with van der Waals surface area (Å²) in [5, 5.41) is 0. The van der Waals surface area contributed by atoms with E-state index in [0.717, 1.165) is 6.42 Å². The van der Waals surface area contributed by atoms with Crippen molar-refractivity contribution in [3.63, 3.8) is 0 Å². The molecule has 1 saturated carbocycles. The molecule has 0 bridgehead atoms. The van der Waals surface area contributed by atoms with Crippen molar-refractivity contribution in [2.24, 2.45) is 11.1 Å². The largest absolute Gasteiger partial charge is 0.360 e. The Kier molecular flexibility index (Phi) is 4.39. The first-order valence-corrected chi connectivity index (χ1v) is 5.88. The van der Waals surface area contributed by atoms with Crippen LogP contribution in [0.2, 0.25) is 0 Å². The van der Waals surface area contributed by atoms with Gasteiger partial charge in [0.1, 0.15) is 6.23 Å². The van der Waals surface area contributed by atoms with Crippen LogP contribution in [0.4, 0.5) is 0 Å². The summed E-state index contributed by atoms with van der Waals surface area (Å²) in [4.78, 5) is 0. The molecular weight excluding hydrogens is 174 g/mol. The Labute approximate surface area is 88.2 Å². The molecule has 0 heterocycles. The summed E-state index contributed by atoms with van der Waals surface area (Å²) >= 11 is 0. The fourth-order valence-electron chi connectivity index (χ4n) is 2.10. The molecular formula is C12H25NO. The van der Waals surface area contributed by atoms with E-state index in [1.165, 1.54) is 32.1 Å². The summed E-state index contributed by atoms with van der Waals surface area (Å²) in [5.41, 5.74) is 6.24. The molecule has 84 valence electrons. The molecule has 1 aliphatic rings. The van der Waals surface area contributed by atoms with Crippen molar-refractivity contribution in [1.82, 2.24) is 0 Å². The van der Waals surface area contributed by atoms with Crippen LogP contribution in [0.3, 0.4) is 0 Å². The molecule has 0 aromatic heterocycles. The monoisotopic (exact) mass is 199 g/mol. The zero-order valence-electron chi connectivity index (χ0n) is 9.88. The molecule has 1 rings (SSSR count). The first-order chi connectivity index (χ1) is 6.47. The molecule has 1 aliphatic carbocycles. The quantitative estimate of drug-likeness (QED) is 0.709. The smallest absolute Gasteiger partial charge is 0.106 e. The molecule has 0 amide bonds. The fourth-order valence-corrected chi connectivity index (χ4v) is 2.10. The summed E-state index contributed by atoms with van der Waals surface area (Å²) in [7, 11) is 0. The SMILES string of the molecule is CC(C)(C)CC(N)OC1CCCCC1. The van der Waals surface area contributed by atoms with Gasteiger partial charge in [0.2, 0.25) is 0 Å². The van der Waals surface area contributed by atoms with Gasteiger partial charge in [-0.25, -0.2) is 0 Å². The minimum atomic E-state index is -0.0712. The van der Waals surface area contributed by atoms with Crippen molar-refractivity contribution >= 4 is 0 Å². The minimum absolute atomic E-state index is 0.0712. The van der Waals surface area contributed by atoms with Crippen LogP contribution in [-0.2, 0) is 4.74 Å². The molecule has 1 atom stereocenters. The van der Waals surface area contributed by atoms with Crippen molar-refractivity contribution in [3.8, 4) is 0 Å². The molecule has 0 radical (unpaired) electrons. The van der Waals surface area contributed by atoms with Crippen LogP contribution in [0.1, 0.15) is 59.3 Å². The van der Waals surface area contributed by atoms with E-state index in [2.05, 4.69) is 20.8 Å². The van der Waals surface area contributed by atoms with Crippen LogP contribution < -0.4 is 5.73 Å². The first kappa shape index (κ1) is 12.0. The summed E-state index contributed by atoms with van der Waals surface area (Å²) in [6.07, 6.45) is 7.71. The maximum atomic E-state index is 5.97. The number of ether oxygens (including phenoxy) is 1. The Bertz CT molecular complexity index is 156. The lowest BCUT2D eigenvalue weighted by Gasteiger charge is -2.29. The topological polar surface area (TPSA) is 35.2 Å². The summed E-state index contributed by atoms with van der Waals surface area (Å²) in [6.45, 7) is 6.62. The molecule has 14 heavy (non-hydrogen) atoms. The standard InChI is InChI=1S/C12H25NO/c1-12(2,3)9-11(13)14-10-7-5-4-6-8-10/h10-11H,4-9,13H2,1-3H3. The van der Waals surface area contributed by atoms with Gasteiger partial charge < -0.3 is 10.5 Å². The van der Waals surface area contributed by atoms with Gasteiger partial charge in [0, 0.05) is 0 Å². The Morgan fingerprint density at radius 3 is 2.29 bits per heavy atom. The minimum Gasteiger partial charge on any atom is -0.360 e. The van der Waals surface area contributed by atoms with Gasteiger partial charge in [0.25, 0.3) is 0 Å². The van der Waals surface area contributed by atoms with E-state index < -0.39 is 0 Å². The Morgan fingerprint density at radius 1 is 1.21 bits per heavy atom. The zero-order chi connectivity index (χ0) is 10.6. The summed E-state index contributed by atoms with van der Waals surface area (Å²) in [5.74, 6) is 0. The van der Waals surface area contributed by atoms with Crippen molar-refractivity contribution in [3.05, 3.63) is 0 Å². The third-order valence-electron chi connectivity index (χ3n) is 2.73. The molecule has 0 spiro atoms. The molecule has 0 saturated heterocycles. The highest BCUT2D eigenvalue weighted by Crippen LogP contribution is 2.25. The van der Waals surface area contributed by atoms with Gasteiger partial charge >= 0.3 is 0 Å². The van der Waals surface area contributed by atoms with Crippen LogP contribution in [-0.4, -0.2) is 12.3 Å². The van der Waals surface area contributed by atoms with Gasteiger partial charge in [-0.1, -0.05) is 40.0 Å². The third kappa shape index (κ3) is 4.97. The lowest BCUT2D eigenvalue weighted by molar-refractivity contribution is -0.0427. The van der Waals surface area contributed by atoms with Gasteiger partial charge in [-0.05, 0) is 24.7 Å². The summed E-state index contributed by atoms with van der Waals surface area (Å²) < 4.78 is 5.85. The van der Waals surface area contributed by atoms with Crippen LogP contribution in [0, 0.1) is 5.41 Å². The van der Waals surface area contributed by atoms with E-state index in [4.69, 9.17) is 10.5 Å². The van der Waals surface area contributed by atoms with Gasteiger partial charge in [-0.3, -0.25) is 0 Å². The number of rotatable bonds is 3. The normalized spacial score (nSPS) is 22.3. The third-order valence-corrected chi connectivity index (χ3v) is 2.73. The maximum absolute atomic E-state index is 5.97. The van der Waals surface area contributed by atoms with Gasteiger partial charge in [-0.2, -0.15) is 0 Å². The highest BCUT2D eigenvalue weighted by Gasteiger charge is 2.20. The Morgan fingerprint density at radius 2 is 1.79 bits per heavy atom. The van der Waals surface area contributed by atoms with Crippen LogP contribution >= 0.6 is 0 Å². The van der Waals surface area contributed by atoms with Crippen LogP contribution in [0.5, 0.6) is 0 Å². The Balaban J connectivity index is 2.21. The highest BCUT2D eigenvalue weighted by molar-refractivity contribution is 4.70. The molecule has 1 fully saturated rings. The predicted molar refractivity (Wildman–Crippen MR) is 60.0 cm³/mol. The number of hydrogen-bond donors (Lipinski definition) is 1. The Hall–Kier alpha value is -0.0800. The highest BCUT2D eigenvalue weighted by atomic mass is 16.5. The van der Waals surface area contributed by atoms with Crippen LogP contribution in [0.15, 0.2) is 0 Å². The van der Waals surface area contributed by atoms with Gasteiger partial charge in [-0.15, -0.1) is 0 Å². The number of hydrogen-bond acceptors (Lipinski definition) is 2. The van der Waals surface area contributed by atoms with Gasteiger partial charge in [0.15, 0.2) is 0 Å². The van der Waals surface area contributed by atoms with E-state index in [-0.39, 0.29) is 11.6 Å². The van der Waals surface area contributed by atoms with E-state index in [1.807, 2.05) is 0 Å². The second-order valence-electron chi connectivity index (χ2n) is 5.70. The lowest BCUT2D eigenvalue weighted by Crippen LogP contribution is -2.34. The summed E-state index contributed by atoms with van der Waals surface area (Å²) in [6, 6.07) is 0. The molecule has 0 aromatic rings. The molecule has 0 aliphatic heterocycles. The molecule has 2 nitrogen and oxygen atoms in total. The van der Waals surface area contributed by atoms with E-state index in [9.17, 15) is 0 Å². The predicted octanol–water partition coefficient (Wildman–Crippen LogP) is 3.06. The second kappa shape index (κ2) is 5.13. The second-order valence-corrected chi connectivity index (χ2v) is 5.70.